The van der Waals surface area contributed by atoms with Crippen LogP contribution in [0.5, 0.6) is 0 Å². The summed E-state index contributed by atoms with van der Waals surface area (Å²) < 4.78 is 17.7. The van der Waals surface area contributed by atoms with Crippen molar-refractivity contribution >= 4 is 25.7 Å². The Labute approximate surface area is 173 Å². The lowest BCUT2D eigenvalue weighted by molar-refractivity contribution is -0.142. The molecule has 2 aromatic rings. The number of nitrogens with zero attached hydrogens (tertiary/aromatic N) is 1. The number of oxime groups is 1. The molecule has 0 radical (unpaired) electrons. The van der Waals surface area contributed by atoms with Gasteiger partial charge in [-0.05, 0) is 38.8 Å². The van der Waals surface area contributed by atoms with Crippen molar-refractivity contribution in [2.24, 2.45) is 5.16 Å². The van der Waals surface area contributed by atoms with E-state index in [-0.39, 0.29) is 6.42 Å². The standard InChI is InChI=1S/C22H29NO5Si/c1-5-25-29(26-6-2,27-7-3)21-15-13-19(14-16-21)17-22(24)28-23-18(4)20-11-9-8-10-12-20/h8-16H,5-7,17H2,1-4H3. The van der Waals surface area contributed by atoms with E-state index in [9.17, 15) is 4.79 Å². The maximum Gasteiger partial charge on any atom is 0.537 e. The van der Waals surface area contributed by atoms with E-state index in [0.29, 0.717) is 25.5 Å². The van der Waals surface area contributed by atoms with Gasteiger partial charge in [-0.1, -0.05) is 59.8 Å². The number of rotatable bonds is 11. The predicted octanol–water partition coefficient (Wildman–Crippen LogP) is 3.45. The first-order valence-corrected chi connectivity index (χ1v) is 11.6. The van der Waals surface area contributed by atoms with Gasteiger partial charge in [0.2, 0.25) is 0 Å². The molecule has 6 nitrogen and oxygen atoms in total. The molecular formula is C22H29NO5Si. The van der Waals surface area contributed by atoms with Crippen molar-refractivity contribution in [3.63, 3.8) is 0 Å². The molecule has 7 heteroatoms. The Morgan fingerprint density at radius 2 is 1.41 bits per heavy atom. The molecule has 0 N–H and O–H groups in total. The summed E-state index contributed by atoms with van der Waals surface area (Å²) >= 11 is 0. The van der Waals surface area contributed by atoms with Crippen LogP contribution < -0.4 is 5.19 Å². The quantitative estimate of drug-likeness (QED) is 0.243. The van der Waals surface area contributed by atoms with E-state index in [4.69, 9.17) is 18.1 Å². The summed E-state index contributed by atoms with van der Waals surface area (Å²) in [6.45, 7) is 9.06. The molecule has 156 valence electrons. The van der Waals surface area contributed by atoms with E-state index in [1.54, 1.807) is 6.92 Å². The van der Waals surface area contributed by atoms with Crippen molar-refractivity contribution in [2.45, 2.75) is 34.1 Å². The molecule has 0 bridgehead atoms. The summed E-state index contributed by atoms with van der Waals surface area (Å²) in [5, 5.41) is 4.81. The van der Waals surface area contributed by atoms with Gasteiger partial charge in [0, 0.05) is 25.0 Å². The van der Waals surface area contributed by atoms with Gasteiger partial charge >= 0.3 is 14.8 Å². The second-order valence-electron chi connectivity index (χ2n) is 6.23. The van der Waals surface area contributed by atoms with Crippen molar-refractivity contribution in [1.82, 2.24) is 0 Å². The molecule has 0 heterocycles. The fourth-order valence-electron chi connectivity index (χ4n) is 2.82. The van der Waals surface area contributed by atoms with Crippen LogP contribution in [0.1, 0.15) is 38.8 Å². The van der Waals surface area contributed by atoms with Gasteiger partial charge in [0.1, 0.15) is 0 Å². The average Bonchev–Trinajstić information content (AvgIpc) is 2.73. The lowest BCUT2D eigenvalue weighted by Gasteiger charge is -2.28. The molecule has 0 aliphatic rings. The molecule has 0 saturated heterocycles. The van der Waals surface area contributed by atoms with Gasteiger partial charge in [0.25, 0.3) is 0 Å². The SMILES string of the molecule is CCO[Si](OCC)(OCC)c1ccc(CC(=O)ON=C(C)c2ccccc2)cc1. The second-order valence-corrected chi connectivity index (χ2v) is 8.79. The minimum atomic E-state index is -2.94. The maximum absolute atomic E-state index is 12.1. The van der Waals surface area contributed by atoms with Crippen LogP contribution in [-0.2, 0) is 29.3 Å². The first-order chi connectivity index (χ1) is 14.0. The van der Waals surface area contributed by atoms with E-state index in [0.717, 1.165) is 16.3 Å². The number of carbonyl (C=O) groups is 1. The van der Waals surface area contributed by atoms with E-state index in [1.807, 2.05) is 75.4 Å². The van der Waals surface area contributed by atoms with Crippen LogP contribution in [0.4, 0.5) is 0 Å². The molecule has 0 aliphatic carbocycles. The topological polar surface area (TPSA) is 66.4 Å². The monoisotopic (exact) mass is 415 g/mol. The molecule has 0 saturated carbocycles. The van der Waals surface area contributed by atoms with Gasteiger partial charge in [-0.15, -0.1) is 0 Å². The van der Waals surface area contributed by atoms with Crippen LogP contribution in [0, 0.1) is 0 Å². The zero-order chi connectivity index (χ0) is 21.1. The largest absolute Gasteiger partial charge is 0.537 e. The number of hydrogen-bond donors (Lipinski definition) is 0. The molecule has 2 aromatic carbocycles. The van der Waals surface area contributed by atoms with E-state index in [1.165, 1.54) is 0 Å². The van der Waals surface area contributed by atoms with Crippen molar-refractivity contribution in [3.8, 4) is 0 Å². The minimum absolute atomic E-state index is 0.123. The highest BCUT2D eigenvalue weighted by Gasteiger charge is 2.43. The van der Waals surface area contributed by atoms with Gasteiger partial charge in [-0.2, -0.15) is 0 Å². The van der Waals surface area contributed by atoms with E-state index in [2.05, 4.69) is 5.16 Å². The number of carbonyl (C=O) groups excluding carboxylic acids is 1. The Bertz CT molecular complexity index is 776. The van der Waals surface area contributed by atoms with Crippen molar-refractivity contribution in [3.05, 3.63) is 65.7 Å². The molecule has 0 unspecified atom stereocenters. The first kappa shape index (κ1) is 23.0. The third kappa shape index (κ3) is 6.61. The Hall–Kier alpha value is -2.32. The van der Waals surface area contributed by atoms with Crippen LogP contribution in [0.2, 0.25) is 0 Å². The predicted molar refractivity (Wildman–Crippen MR) is 115 cm³/mol. The minimum Gasteiger partial charge on any atom is -0.370 e. The third-order valence-electron chi connectivity index (χ3n) is 4.13. The van der Waals surface area contributed by atoms with Gasteiger partial charge in [0.15, 0.2) is 0 Å². The van der Waals surface area contributed by atoms with E-state index < -0.39 is 14.8 Å². The van der Waals surface area contributed by atoms with Crippen LogP contribution in [0.15, 0.2) is 59.8 Å². The Morgan fingerprint density at radius 1 is 0.862 bits per heavy atom. The molecule has 0 aromatic heterocycles. The molecule has 2 rings (SSSR count). The number of hydrogen-bond acceptors (Lipinski definition) is 6. The molecule has 0 amide bonds. The van der Waals surface area contributed by atoms with Crippen molar-refractivity contribution in [2.75, 3.05) is 19.8 Å². The van der Waals surface area contributed by atoms with Crippen LogP contribution in [-0.4, -0.2) is 40.3 Å². The fraction of sp³-hybridized carbons (Fsp3) is 0.364. The zero-order valence-electron chi connectivity index (χ0n) is 17.5. The van der Waals surface area contributed by atoms with Crippen LogP contribution in [0.3, 0.4) is 0 Å². The van der Waals surface area contributed by atoms with E-state index >= 15 is 0 Å². The van der Waals surface area contributed by atoms with Crippen LogP contribution in [0.25, 0.3) is 0 Å². The van der Waals surface area contributed by atoms with Gasteiger partial charge in [-0.3, -0.25) is 0 Å². The molecule has 0 atom stereocenters. The average molecular weight is 416 g/mol. The van der Waals surface area contributed by atoms with Gasteiger partial charge in [-0.25, -0.2) is 4.79 Å². The highest BCUT2D eigenvalue weighted by molar-refractivity contribution is 6.75. The van der Waals surface area contributed by atoms with Crippen molar-refractivity contribution in [1.29, 1.82) is 0 Å². The highest BCUT2D eigenvalue weighted by atomic mass is 28.4. The highest BCUT2D eigenvalue weighted by Crippen LogP contribution is 2.12. The van der Waals surface area contributed by atoms with Gasteiger partial charge < -0.3 is 18.1 Å². The summed E-state index contributed by atoms with van der Waals surface area (Å²) in [6.07, 6.45) is 0.123. The molecule has 0 fully saturated rings. The smallest absolute Gasteiger partial charge is 0.370 e. The zero-order valence-corrected chi connectivity index (χ0v) is 18.5. The Morgan fingerprint density at radius 3 is 1.93 bits per heavy atom. The summed E-state index contributed by atoms with van der Waals surface area (Å²) in [6, 6.07) is 17.1. The summed E-state index contributed by atoms with van der Waals surface area (Å²) in [4.78, 5) is 17.2. The fourth-order valence-corrected chi connectivity index (χ4v) is 5.29. The maximum atomic E-state index is 12.1. The summed E-state index contributed by atoms with van der Waals surface area (Å²) in [7, 11) is -2.94. The van der Waals surface area contributed by atoms with Gasteiger partial charge in [0.05, 0.1) is 12.1 Å². The second kappa shape index (κ2) is 11.6. The number of benzene rings is 2. The normalized spacial score (nSPS) is 12.1. The Balaban J connectivity index is 2.04. The first-order valence-electron chi connectivity index (χ1n) is 9.85. The lowest BCUT2D eigenvalue weighted by atomic mass is 10.1. The summed E-state index contributed by atoms with van der Waals surface area (Å²) in [5.41, 5.74) is 2.38. The van der Waals surface area contributed by atoms with Crippen molar-refractivity contribution < 1.29 is 22.9 Å². The van der Waals surface area contributed by atoms with Crippen LogP contribution >= 0.6 is 0 Å². The lowest BCUT2D eigenvalue weighted by Crippen LogP contribution is -2.56. The summed E-state index contributed by atoms with van der Waals surface area (Å²) in [5.74, 6) is -0.420. The third-order valence-corrected chi connectivity index (χ3v) is 7.18. The molecule has 0 aliphatic heterocycles. The molecule has 0 spiro atoms. The molecular weight excluding hydrogens is 386 g/mol. The Kier molecular flexibility index (Phi) is 9.20. The molecule has 29 heavy (non-hydrogen) atoms.